The fourth-order valence-electron chi connectivity index (χ4n) is 6.04. The average Bonchev–Trinajstić information content (AvgIpc) is 3.17. The molecule has 1 aliphatic carbocycles. The van der Waals surface area contributed by atoms with E-state index in [9.17, 15) is 5.11 Å². The Labute approximate surface area is 226 Å². The highest BCUT2D eigenvalue weighted by Gasteiger charge is 2.39. The summed E-state index contributed by atoms with van der Waals surface area (Å²) < 4.78 is 5.73. The van der Waals surface area contributed by atoms with Crippen LogP contribution in [-0.2, 0) is 10.2 Å². The van der Waals surface area contributed by atoms with Crippen LogP contribution in [0.3, 0.4) is 0 Å². The van der Waals surface area contributed by atoms with Crippen LogP contribution in [0.2, 0.25) is 0 Å². The smallest absolute Gasteiger partial charge is 0.0657 e. The third kappa shape index (κ3) is 6.94. The van der Waals surface area contributed by atoms with Gasteiger partial charge in [0.15, 0.2) is 0 Å². The van der Waals surface area contributed by atoms with Crippen molar-refractivity contribution in [3.05, 3.63) is 84.0 Å². The Morgan fingerprint density at radius 3 is 2.65 bits per heavy atom. The number of nitrogens with zero attached hydrogens (tertiary/aromatic N) is 1. The predicted octanol–water partition coefficient (Wildman–Crippen LogP) is 8.31. The molecule has 2 aliphatic rings. The van der Waals surface area contributed by atoms with Crippen molar-refractivity contribution in [3.8, 4) is 0 Å². The van der Waals surface area contributed by atoms with Crippen LogP contribution < -0.4 is 4.90 Å². The van der Waals surface area contributed by atoms with Crippen molar-refractivity contribution >= 4 is 11.3 Å². The summed E-state index contributed by atoms with van der Waals surface area (Å²) in [6.07, 6.45) is 14.2. The molecule has 0 bridgehead atoms. The van der Waals surface area contributed by atoms with Crippen molar-refractivity contribution in [1.29, 1.82) is 0 Å². The highest BCUT2D eigenvalue weighted by Crippen LogP contribution is 2.51. The zero-order chi connectivity index (χ0) is 27.1. The van der Waals surface area contributed by atoms with Gasteiger partial charge in [0.2, 0.25) is 0 Å². The SMILES string of the molecule is C=CCCC1(CCC)CC(=C/C(=C)C(=C)CC(C)(O)CC)/C(=C\C)c2ccc(N3CCCOCC3)cc21. The second-order valence-electron chi connectivity index (χ2n) is 11.2. The maximum Gasteiger partial charge on any atom is 0.0657 e. The van der Waals surface area contributed by atoms with Crippen LogP contribution in [0.1, 0.15) is 90.2 Å². The van der Waals surface area contributed by atoms with Crippen LogP contribution in [0.4, 0.5) is 5.69 Å². The van der Waals surface area contributed by atoms with E-state index in [1.165, 1.54) is 28.0 Å². The Morgan fingerprint density at radius 2 is 1.97 bits per heavy atom. The van der Waals surface area contributed by atoms with Crippen LogP contribution in [0.25, 0.3) is 5.57 Å². The topological polar surface area (TPSA) is 32.7 Å². The summed E-state index contributed by atoms with van der Waals surface area (Å²) in [4.78, 5) is 2.49. The standard InChI is InChI=1S/C34H49NO2/c1-8-12-17-34(16-9-2)25-28(22-26(5)27(6)24-33(7,36)11-4)30(10-3)31-15-14-29(23-32(31)34)35-18-13-20-37-21-19-35/h8,10,14-15,22-23,36H,1,5-6,9,11-13,16-21,24-25H2,2-4,7H3/b28-22-,30-10+. The first-order chi connectivity index (χ1) is 17.7. The molecule has 3 nitrogen and oxygen atoms in total. The van der Waals surface area contributed by atoms with Gasteiger partial charge in [0.1, 0.15) is 0 Å². The molecule has 37 heavy (non-hydrogen) atoms. The molecule has 3 rings (SSSR count). The monoisotopic (exact) mass is 503 g/mol. The molecule has 1 aliphatic heterocycles. The molecule has 0 spiro atoms. The van der Waals surface area contributed by atoms with E-state index in [1.807, 2.05) is 13.8 Å². The number of fused-ring (bicyclic) bond motifs is 1. The highest BCUT2D eigenvalue weighted by molar-refractivity contribution is 5.85. The molecule has 1 fully saturated rings. The molecule has 2 atom stereocenters. The average molecular weight is 504 g/mol. The van der Waals surface area contributed by atoms with E-state index in [4.69, 9.17) is 4.74 Å². The number of rotatable bonds is 11. The minimum Gasteiger partial charge on any atom is -0.390 e. The largest absolute Gasteiger partial charge is 0.390 e. The van der Waals surface area contributed by atoms with Crippen molar-refractivity contribution in [2.45, 2.75) is 90.1 Å². The lowest BCUT2D eigenvalue weighted by molar-refractivity contribution is 0.0571. The molecule has 2 unspecified atom stereocenters. The second kappa shape index (κ2) is 12.9. The summed E-state index contributed by atoms with van der Waals surface area (Å²) in [5.41, 5.74) is 7.86. The third-order valence-corrected chi connectivity index (χ3v) is 8.33. The van der Waals surface area contributed by atoms with Gasteiger partial charge in [-0.15, -0.1) is 6.58 Å². The van der Waals surface area contributed by atoms with E-state index < -0.39 is 5.60 Å². The maximum atomic E-state index is 10.6. The summed E-state index contributed by atoms with van der Waals surface area (Å²) in [5, 5.41) is 10.6. The van der Waals surface area contributed by atoms with Gasteiger partial charge in [0.25, 0.3) is 0 Å². The fraction of sp³-hybridized carbons (Fsp3) is 0.529. The molecular weight excluding hydrogens is 454 g/mol. The van der Waals surface area contributed by atoms with Crippen molar-refractivity contribution in [1.82, 2.24) is 0 Å². The number of benzene rings is 1. The molecular formula is C34H49NO2. The number of hydrogen-bond donors (Lipinski definition) is 1. The lowest BCUT2D eigenvalue weighted by atomic mass is 9.62. The summed E-state index contributed by atoms with van der Waals surface area (Å²) in [6.45, 7) is 24.7. The highest BCUT2D eigenvalue weighted by atomic mass is 16.5. The fourth-order valence-corrected chi connectivity index (χ4v) is 6.04. The van der Waals surface area contributed by atoms with E-state index in [1.54, 1.807) is 0 Å². The molecule has 0 saturated carbocycles. The minimum absolute atomic E-state index is 0.0471. The van der Waals surface area contributed by atoms with Crippen LogP contribution in [-0.4, -0.2) is 37.0 Å². The molecule has 1 saturated heterocycles. The first-order valence-electron chi connectivity index (χ1n) is 14.3. The van der Waals surface area contributed by atoms with Gasteiger partial charge in [-0.2, -0.15) is 0 Å². The molecule has 0 radical (unpaired) electrons. The molecule has 1 aromatic carbocycles. The minimum atomic E-state index is -0.758. The summed E-state index contributed by atoms with van der Waals surface area (Å²) in [6, 6.07) is 7.12. The van der Waals surface area contributed by atoms with E-state index >= 15 is 0 Å². The first kappa shape index (κ1) is 29.2. The van der Waals surface area contributed by atoms with E-state index in [0.717, 1.165) is 76.0 Å². The van der Waals surface area contributed by atoms with Crippen molar-refractivity contribution < 1.29 is 9.84 Å². The van der Waals surface area contributed by atoms with Gasteiger partial charge < -0.3 is 14.7 Å². The first-order valence-corrected chi connectivity index (χ1v) is 14.3. The Bertz CT molecular complexity index is 1040. The zero-order valence-corrected chi connectivity index (χ0v) is 23.9. The van der Waals surface area contributed by atoms with E-state index in [0.29, 0.717) is 12.8 Å². The molecule has 0 amide bonds. The van der Waals surface area contributed by atoms with Crippen LogP contribution in [0, 0.1) is 0 Å². The Balaban J connectivity index is 2.09. The lowest BCUT2D eigenvalue weighted by Crippen LogP contribution is -2.33. The number of anilines is 1. The number of hydrogen-bond acceptors (Lipinski definition) is 3. The van der Waals surface area contributed by atoms with Crippen LogP contribution in [0.5, 0.6) is 0 Å². The van der Waals surface area contributed by atoms with Gasteiger partial charge in [-0.1, -0.05) is 57.7 Å². The van der Waals surface area contributed by atoms with Crippen molar-refractivity contribution in [2.24, 2.45) is 0 Å². The molecule has 1 heterocycles. The molecule has 1 N–H and O–H groups in total. The Hall–Kier alpha value is -2.36. The maximum absolute atomic E-state index is 10.6. The van der Waals surface area contributed by atoms with Crippen molar-refractivity contribution in [3.63, 3.8) is 0 Å². The lowest BCUT2D eigenvalue weighted by Gasteiger charge is -2.43. The van der Waals surface area contributed by atoms with Gasteiger partial charge in [-0.05, 0) is 97.9 Å². The molecule has 0 aromatic heterocycles. The second-order valence-corrected chi connectivity index (χ2v) is 11.2. The third-order valence-electron chi connectivity index (χ3n) is 8.33. The number of ether oxygens (including phenoxy) is 1. The van der Waals surface area contributed by atoms with E-state index in [2.05, 4.69) is 74.9 Å². The van der Waals surface area contributed by atoms with Gasteiger partial charge in [-0.3, -0.25) is 0 Å². The van der Waals surface area contributed by atoms with Gasteiger partial charge in [0.05, 0.1) is 12.2 Å². The van der Waals surface area contributed by atoms with Crippen LogP contribution >= 0.6 is 0 Å². The quantitative estimate of drug-likeness (QED) is 0.243. The van der Waals surface area contributed by atoms with Crippen LogP contribution in [0.15, 0.2) is 72.9 Å². The summed E-state index contributed by atoms with van der Waals surface area (Å²) >= 11 is 0. The van der Waals surface area contributed by atoms with Gasteiger partial charge in [0, 0.05) is 37.2 Å². The number of aliphatic hydroxyl groups is 1. The summed E-state index contributed by atoms with van der Waals surface area (Å²) in [7, 11) is 0. The van der Waals surface area contributed by atoms with Gasteiger partial charge in [-0.25, -0.2) is 0 Å². The zero-order valence-electron chi connectivity index (χ0n) is 23.9. The number of allylic oxidation sites excluding steroid dienone is 6. The molecule has 202 valence electrons. The molecule has 3 heteroatoms. The molecule has 1 aromatic rings. The Kier molecular flexibility index (Phi) is 10.2. The van der Waals surface area contributed by atoms with Crippen molar-refractivity contribution in [2.75, 3.05) is 31.2 Å². The summed E-state index contributed by atoms with van der Waals surface area (Å²) in [5.74, 6) is 0. The van der Waals surface area contributed by atoms with E-state index in [-0.39, 0.29) is 5.41 Å². The normalized spacial score (nSPS) is 23.9. The van der Waals surface area contributed by atoms with Gasteiger partial charge >= 0.3 is 0 Å². The Morgan fingerprint density at radius 1 is 1.19 bits per heavy atom. The predicted molar refractivity (Wildman–Crippen MR) is 160 cm³/mol.